The monoisotopic (exact) mass is 232 g/mol. The molecule has 1 atom stereocenters. The lowest BCUT2D eigenvalue weighted by atomic mass is 9.97. The number of carbonyl (C=O) groups is 1. The molecule has 0 bridgehead atoms. The van der Waals surface area contributed by atoms with Crippen LogP contribution in [0.15, 0.2) is 29.6 Å². The molecule has 0 aliphatic rings. The van der Waals surface area contributed by atoms with Crippen molar-refractivity contribution in [2.24, 2.45) is 5.92 Å². The molecule has 0 aliphatic heterocycles. The maximum Gasteiger partial charge on any atom is 0.140 e. The van der Waals surface area contributed by atoms with Gasteiger partial charge in [0.05, 0.1) is 0 Å². The number of ketones is 1. The van der Waals surface area contributed by atoms with Crippen LogP contribution < -0.4 is 0 Å². The number of carbonyl (C=O) groups excluding carboxylic acids is 1. The first-order valence-electron chi connectivity index (χ1n) is 5.70. The molecule has 0 saturated carbocycles. The molecule has 2 rings (SSSR count). The fraction of sp³-hybridized carbons (Fsp3) is 0.357. The van der Waals surface area contributed by atoms with Crippen molar-refractivity contribution >= 4 is 27.2 Å². The van der Waals surface area contributed by atoms with Crippen molar-refractivity contribution < 1.29 is 4.79 Å². The zero-order chi connectivity index (χ0) is 11.5. The summed E-state index contributed by atoms with van der Waals surface area (Å²) >= 11 is 1.72. The molecule has 1 aromatic heterocycles. The van der Waals surface area contributed by atoms with Gasteiger partial charge in [0.15, 0.2) is 0 Å². The highest BCUT2D eigenvalue weighted by Gasteiger charge is 2.13. The van der Waals surface area contributed by atoms with Crippen molar-refractivity contribution in [3.63, 3.8) is 0 Å². The van der Waals surface area contributed by atoms with Crippen LogP contribution in [0.2, 0.25) is 0 Å². The Morgan fingerprint density at radius 3 is 2.88 bits per heavy atom. The van der Waals surface area contributed by atoms with Crippen molar-refractivity contribution in [2.75, 3.05) is 0 Å². The van der Waals surface area contributed by atoms with Gasteiger partial charge >= 0.3 is 0 Å². The predicted octanol–water partition coefficient (Wildman–Crippen LogP) is 4.06. The average Bonchev–Trinajstić information content (AvgIpc) is 2.72. The second kappa shape index (κ2) is 4.79. The number of fused-ring (bicyclic) bond motifs is 1. The largest absolute Gasteiger partial charge is 0.299 e. The second-order valence-corrected chi connectivity index (χ2v) is 5.12. The van der Waals surface area contributed by atoms with E-state index in [1.165, 1.54) is 15.6 Å². The Hall–Kier alpha value is -1.15. The normalized spacial score (nSPS) is 12.9. The molecular weight excluding hydrogens is 216 g/mol. The molecule has 1 aromatic carbocycles. The van der Waals surface area contributed by atoms with Crippen LogP contribution in [0.5, 0.6) is 0 Å². The molecule has 0 saturated heterocycles. The van der Waals surface area contributed by atoms with Gasteiger partial charge < -0.3 is 0 Å². The average molecular weight is 232 g/mol. The van der Waals surface area contributed by atoms with E-state index < -0.39 is 0 Å². The highest BCUT2D eigenvalue weighted by atomic mass is 32.1. The summed E-state index contributed by atoms with van der Waals surface area (Å²) in [5.74, 6) is 0.532. The Labute approximate surface area is 100 Å². The van der Waals surface area contributed by atoms with Crippen LogP contribution >= 0.6 is 11.3 Å². The van der Waals surface area contributed by atoms with Gasteiger partial charge in [-0.25, -0.2) is 0 Å². The van der Waals surface area contributed by atoms with Gasteiger partial charge in [0.2, 0.25) is 0 Å². The first kappa shape index (κ1) is 11.3. The smallest absolute Gasteiger partial charge is 0.140 e. The summed E-state index contributed by atoms with van der Waals surface area (Å²) in [5.41, 5.74) is 1.19. The highest BCUT2D eigenvalue weighted by Crippen LogP contribution is 2.26. The van der Waals surface area contributed by atoms with Crippen molar-refractivity contribution in [3.8, 4) is 0 Å². The number of thiophene rings is 1. The van der Waals surface area contributed by atoms with Gasteiger partial charge in [-0.15, -0.1) is 11.3 Å². The molecule has 0 aliphatic carbocycles. The van der Waals surface area contributed by atoms with Gasteiger partial charge in [-0.05, 0) is 28.8 Å². The third-order valence-corrected chi connectivity index (χ3v) is 4.10. The van der Waals surface area contributed by atoms with E-state index in [0.717, 1.165) is 6.42 Å². The fourth-order valence-electron chi connectivity index (χ4n) is 1.76. The molecule has 84 valence electrons. The third kappa shape index (κ3) is 2.17. The molecule has 2 heteroatoms. The summed E-state index contributed by atoms with van der Waals surface area (Å²) in [4.78, 5) is 11.9. The fourth-order valence-corrected chi connectivity index (χ4v) is 2.72. The molecule has 0 N–H and O–H groups in total. The zero-order valence-electron chi connectivity index (χ0n) is 9.69. The zero-order valence-corrected chi connectivity index (χ0v) is 10.5. The number of rotatable bonds is 4. The summed E-state index contributed by atoms with van der Waals surface area (Å²) in [7, 11) is 0. The lowest BCUT2D eigenvalue weighted by molar-refractivity contribution is -0.121. The van der Waals surface area contributed by atoms with Gasteiger partial charge in [-0.1, -0.05) is 32.0 Å². The summed E-state index contributed by atoms with van der Waals surface area (Å²) in [6.07, 6.45) is 1.51. The Balaban J connectivity index is 2.25. The second-order valence-electron chi connectivity index (χ2n) is 4.21. The minimum Gasteiger partial charge on any atom is -0.299 e. The van der Waals surface area contributed by atoms with E-state index in [1.54, 1.807) is 11.3 Å². The number of Topliss-reactive ketones (excluding diaryl/α,β-unsaturated/α-hetero) is 1. The van der Waals surface area contributed by atoms with Gasteiger partial charge in [-0.3, -0.25) is 4.79 Å². The van der Waals surface area contributed by atoms with E-state index >= 15 is 0 Å². The van der Waals surface area contributed by atoms with Gasteiger partial charge in [0.1, 0.15) is 5.78 Å². The van der Waals surface area contributed by atoms with E-state index in [2.05, 4.69) is 24.4 Å². The Kier molecular flexibility index (Phi) is 3.39. The van der Waals surface area contributed by atoms with Crippen molar-refractivity contribution in [3.05, 3.63) is 35.2 Å². The minimum absolute atomic E-state index is 0.179. The van der Waals surface area contributed by atoms with Crippen LogP contribution in [-0.4, -0.2) is 5.78 Å². The molecule has 0 amide bonds. The molecule has 1 heterocycles. The van der Waals surface area contributed by atoms with Crippen molar-refractivity contribution in [1.29, 1.82) is 0 Å². The van der Waals surface area contributed by atoms with E-state index in [4.69, 9.17) is 0 Å². The molecule has 0 radical (unpaired) electrons. The summed E-state index contributed by atoms with van der Waals surface area (Å²) in [5, 5.41) is 3.36. The third-order valence-electron chi connectivity index (χ3n) is 3.09. The molecule has 2 aromatic rings. The molecule has 0 fully saturated rings. The summed E-state index contributed by atoms with van der Waals surface area (Å²) < 4.78 is 1.27. The lowest BCUT2D eigenvalue weighted by Crippen LogP contribution is -2.12. The van der Waals surface area contributed by atoms with Crippen LogP contribution in [0.25, 0.3) is 10.1 Å². The maximum atomic E-state index is 11.9. The van der Waals surface area contributed by atoms with Gasteiger partial charge in [0.25, 0.3) is 0 Å². The van der Waals surface area contributed by atoms with Gasteiger partial charge in [0, 0.05) is 17.0 Å². The number of hydrogen-bond acceptors (Lipinski definition) is 2. The molecule has 0 spiro atoms. The molecular formula is C14H16OS. The number of hydrogen-bond donors (Lipinski definition) is 0. The van der Waals surface area contributed by atoms with E-state index in [-0.39, 0.29) is 5.92 Å². The van der Waals surface area contributed by atoms with Crippen molar-refractivity contribution in [1.82, 2.24) is 0 Å². The topological polar surface area (TPSA) is 17.1 Å². The Morgan fingerprint density at radius 2 is 2.12 bits per heavy atom. The first-order valence-corrected chi connectivity index (χ1v) is 6.58. The van der Waals surface area contributed by atoms with Crippen molar-refractivity contribution in [2.45, 2.75) is 26.7 Å². The maximum absolute atomic E-state index is 11.9. The summed E-state index contributed by atoms with van der Waals surface area (Å²) in [6.45, 7) is 4.07. The Morgan fingerprint density at radius 1 is 1.38 bits per heavy atom. The van der Waals surface area contributed by atoms with Crippen LogP contribution in [0, 0.1) is 5.92 Å². The van der Waals surface area contributed by atoms with Crippen LogP contribution in [0.1, 0.15) is 25.8 Å². The quantitative estimate of drug-likeness (QED) is 0.777. The molecule has 1 nitrogen and oxygen atoms in total. The Bertz CT molecular complexity index is 498. The SMILES string of the molecule is CCC(C)C(=O)Cc1csc2ccccc12. The van der Waals surface area contributed by atoms with Crippen LogP contribution in [0.3, 0.4) is 0 Å². The molecule has 1 unspecified atom stereocenters. The summed E-state index contributed by atoms with van der Waals surface area (Å²) in [6, 6.07) is 8.29. The predicted molar refractivity (Wildman–Crippen MR) is 70.0 cm³/mol. The minimum atomic E-state index is 0.179. The van der Waals surface area contributed by atoms with E-state index in [1.807, 2.05) is 19.1 Å². The highest BCUT2D eigenvalue weighted by molar-refractivity contribution is 7.17. The van der Waals surface area contributed by atoms with E-state index in [9.17, 15) is 4.79 Å². The molecule has 16 heavy (non-hydrogen) atoms. The van der Waals surface area contributed by atoms with E-state index in [0.29, 0.717) is 12.2 Å². The first-order chi connectivity index (χ1) is 7.72. The standard InChI is InChI=1S/C14H16OS/c1-3-10(2)13(15)8-11-9-16-14-7-5-4-6-12(11)14/h4-7,9-10H,3,8H2,1-2H3. The van der Waals surface area contributed by atoms with Crippen LogP contribution in [0.4, 0.5) is 0 Å². The van der Waals surface area contributed by atoms with Gasteiger partial charge in [-0.2, -0.15) is 0 Å². The number of benzene rings is 1. The van der Waals surface area contributed by atoms with Crippen LogP contribution in [-0.2, 0) is 11.2 Å². The lowest BCUT2D eigenvalue weighted by Gasteiger charge is -2.06.